The van der Waals surface area contributed by atoms with Gasteiger partial charge < -0.3 is 9.47 Å². The van der Waals surface area contributed by atoms with E-state index in [1.54, 1.807) is 0 Å². The number of rotatable bonds is 4. The number of nitriles is 1. The van der Waals surface area contributed by atoms with Crippen LogP contribution in [0.1, 0.15) is 29.9 Å². The lowest BCUT2D eigenvalue weighted by atomic mass is 9.86. The summed E-state index contributed by atoms with van der Waals surface area (Å²) in [6.07, 6.45) is 6.87. The SMILES string of the molecule is N#Cc1cccc(-c2ccc(-c3cccc(-n4c5ccccc5c5ccccc54)c3)cc2)c1N1c2ccccc2C2CCC=CC21. The van der Waals surface area contributed by atoms with Gasteiger partial charge in [-0.05, 0) is 71.5 Å². The molecule has 6 aromatic carbocycles. The number of nitrogens with zero attached hydrogens (tertiary/aromatic N) is 3. The molecule has 46 heavy (non-hydrogen) atoms. The van der Waals surface area contributed by atoms with Crippen LogP contribution in [0.4, 0.5) is 11.4 Å². The highest BCUT2D eigenvalue weighted by Crippen LogP contribution is 2.52. The van der Waals surface area contributed by atoms with Gasteiger partial charge in [0, 0.05) is 33.6 Å². The number of aromatic nitrogens is 1. The van der Waals surface area contributed by atoms with E-state index in [9.17, 15) is 5.26 Å². The van der Waals surface area contributed by atoms with E-state index in [1.807, 2.05) is 12.1 Å². The Balaban J connectivity index is 1.13. The molecule has 2 atom stereocenters. The van der Waals surface area contributed by atoms with E-state index in [0.29, 0.717) is 11.5 Å². The van der Waals surface area contributed by atoms with E-state index in [0.717, 1.165) is 40.9 Å². The van der Waals surface area contributed by atoms with E-state index in [-0.39, 0.29) is 6.04 Å². The molecule has 0 saturated heterocycles. The van der Waals surface area contributed by atoms with Crippen molar-refractivity contribution in [3.05, 3.63) is 163 Å². The number of anilines is 2. The molecule has 0 radical (unpaired) electrons. The maximum absolute atomic E-state index is 10.3. The molecule has 2 aliphatic rings. The van der Waals surface area contributed by atoms with Crippen LogP contribution in [0, 0.1) is 11.3 Å². The molecule has 1 aliphatic heterocycles. The fourth-order valence-electron chi connectivity index (χ4n) is 7.87. The quantitative estimate of drug-likeness (QED) is 0.191. The van der Waals surface area contributed by atoms with Gasteiger partial charge in [0.25, 0.3) is 0 Å². The summed E-state index contributed by atoms with van der Waals surface area (Å²) in [5.74, 6) is 0.435. The highest BCUT2D eigenvalue weighted by Gasteiger charge is 2.40. The summed E-state index contributed by atoms with van der Waals surface area (Å²) in [6.45, 7) is 0. The van der Waals surface area contributed by atoms with Gasteiger partial charge in [-0.15, -0.1) is 0 Å². The molecule has 2 heterocycles. The zero-order chi connectivity index (χ0) is 30.6. The zero-order valence-electron chi connectivity index (χ0n) is 25.3. The van der Waals surface area contributed by atoms with Crippen molar-refractivity contribution in [2.24, 2.45) is 0 Å². The highest BCUT2D eigenvalue weighted by molar-refractivity contribution is 6.09. The summed E-state index contributed by atoms with van der Waals surface area (Å²) in [6, 6.07) is 52.5. The van der Waals surface area contributed by atoms with Gasteiger partial charge in [0.2, 0.25) is 0 Å². The number of para-hydroxylation sites is 4. The molecule has 1 aliphatic carbocycles. The molecule has 0 fully saturated rings. The molecule has 0 amide bonds. The van der Waals surface area contributed by atoms with E-state index < -0.39 is 0 Å². The van der Waals surface area contributed by atoms with Gasteiger partial charge in [-0.3, -0.25) is 0 Å². The number of allylic oxidation sites excluding steroid dienone is 1. The van der Waals surface area contributed by atoms with Crippen LogP contribution < -0.4 is 4.90 Å². The third-order valence-electron chi connectivity index (χ3n) is 9.89. The first-order valence-corrected chi connectivity index (χ1v) is 16.1. The first-order valence-electron chi connectivity index (χ1n) is 16.1. The minimum atomic E-state index is 0.210. The number of hydrogen-bond acceptors (Lipinski definition) is 2. The van der Waals surface area contributed by atoms with Crippen molar-refractivity contribution in [2.45, 2.75) is 24.8 Å². The summed E-state index contributed by atoms with van der Waals surface area (Å²) in [5.41, 5.74) is 12.4. The molecule has 3 nitrogen and oxygen atoms in total. The Morgan fingerprint density at radius 1 is 0.630 bits per heavy atom. The van der Waals surface area contributed by atoms with Gasteiger partial charge in [0.05, 0.1) is 28.3 Å². The Morgan fingerprint density at radius 3 is 2.11 bits per heavy atom. The van der Waals surface area contributed by atoms with Gasteiger partial charge >= 0.3 is 0 Å². The average Bonchev–Trinajstić information content (AvgIpc) is 3.64. The second-order valence-corrected chi connectivity index (χ2v) is 12.3. The fraction of sp³-hybridized carbons (Fsp3) is 0.0930. The second kappa shape index (κ2) is 10.6. The zero-order valence-corrected chi connectivity index (χ0v) is 25.3. The molecule has 3 heteroatoms. The van der Waals surface area contributed by atoms with Crippen molar-refractivity contribution in [3.8, 4) is 34.0 Å². The summed E-state index contributed by atoms with van der Waals surface area (Å²) in [5, 5.41) is 12.9. The Labute approximate surface area is 268 Å². The molecule has 0 saturated carbocycles. The third-order valence-corrected chi connectivity index (χ3v) is 9.89. The Kier molecular flexibility index (Phi) is 6.14. The van der Waals surface area contributed by atoms with Crippen molar-refractivity contribution in [1.82, 2.24) is 4.57 Å². The smallest absolute Gasteiger partial charge is 0.101 e. The summed E-state index contributed by atoms with van der Waals surface area (Å²) in [4.78, 5) is 2.42. The van der Waals surface area contributed by atoms with E-state index >= 15 is 0 Å². The molecule has 218 valence electrons. The van der Waals surface area contributed by atoms with Gasteiger partial charge in [0.15, 0.2) is 0 Å². The predicted molar refractivity (Wildman–Crippen MR) is 190 cm³/mol. The van der Waals surface area contributed by atoms with Crippen LogP contribution in [-0.2, 0) is 0 Å². The van der Waals surface area contributed by atoms with Crippen LogP contribution in [0.3, 0.4) is 0 Å². The molecular formula is C43H31N3. The largest absolute Gasteiger partial charge is 0.332 e. The van der Waals surface area contributed by atoms with Gasteiger partial charge in [-0.2, -0.15) is 5.26 Å². The Bertz CT molecular complexity index is 2300. The van der Waals surface area contributed by atoms with E-state index in [1.165, 1.54) is 38.6 Å². The normalized spacial score (nSPS) is 16.8. The van der Waals surface area contributed by atoms with Crippen LogP contribution in [0.25, 0.3) is 49.7 Å². The molecule has 2 unspecified atom stereocenters. The van der Waals surface area contributed by atoms with Gasteiger partial charge in [-0.25, -0.2) is 0 Å². The summed E-state index contributed by atoms with van der Waals surface area (Å²) in [7, 11) is 0. The maximum atomic E-state index is 10.3. The monoisotopic (exact) mass is 589 g/mol. The van der Waals surface area contributed by atoms with Crippen molar-refractivity contribution in [1.29, 1.82) is 5.26 Å². The molecule has 1 aromatic heterocycles. The number of hydrogen-bond donors (Lipinski definition) is 0. The topological polar surface area (TPSA) is 32.0 Å². The molecule has 7 aromatic rings. The molecule has 0 N–H and O–H groups in total. The summed E-state index contributed by atoms with van der Waals surface area (Å²) >= 11 is 0. The van der Waals surface area contributed by atoms with Crippen LogP contribution in [-0.4, -0.2) is 10.6 Å². The predicted octanol–water partition coefficient (Wildman–Crippen LogP) is 10.9. The first kappa shape index (κ1) is 26.5. The van der Waals surface area contributed by atoms with Crippen molar-refractivity contribution in [3.63, 3.8) is 0 Å². The lowest BCUT2D eigenvalue weighted by molar-refractivity contribution is 0.573. The van der Waals surface area contributed by atoms with E-state index in [4.69, 9.17) is 0 Å². The lowest BCUT2D eigenvalue weighted by Gasteiger charge is -2.32. The summed E-state index contributed by atoms with van der Waals surface area (Å²) < 4.78 is 2.36. The first-order chi connectivity index (χ1) is 22.8. The van der Waals surface area contributed by atoms with E-state index in [2.05, 4.69) is 155 Å². The minimum absolute atomic E-state index is 0.210. The number of fused-ring (bicyclic) bond motifs is 6. The molecule has 9 rings (SSSR count). The van der Waals surface area contributed by atoms with Crippen molar-refractivity contribution < 1.29 is 0 Å². The van der Waals surface area contributed by atoms with Gasteiger partial charge in [-0.1, -0.05) is 115 Å². The molecule has 0 bridgehead atoms. The van der Waals surface area contributed by atoms with Crippen LogP contribution in [0.2, 0.25) is 0 Å². The molecular weight excluding hydrogens is 558 g/mol. The minimum Gasteiger partial charge on any atom is -0.332 e. The second-order valence-electron chi connectivity index (χ2n) is 12.3. The standard InChI is InChI=1S/C43H31N3/c44-28-32-12-10-18-34(43(32)46-41-21-7-3-16-37(41)38-17-4-8-22-42(38)46)30-25-23-29(24-26-30)31-11-9-13-33(27-31)45-39-19-5-1-14-35(39)36-15-2-6-20-40(36)45/h1-3,5-16,18-27,38,42H,4,17H2. The Morgan fingerprint density at radius 2 is 1.33 bits per heavy atom. The molecule has 0 spiro atoms. The van der Waals surface area contributed by atoms with Crippen molar-refractivity contribution in [2.75, 3.05) is 4.90 Å². The van der Waals surface area contributed by atoms with Gasteiger partial charge in [0.1, 0.15) is 6.07 Å². The van der Waals surface area contributed by atoms with Crippen LogP contribution in [0.5, 0.6) is 0 Å². The third kappa shape index (κ3) is 4.04. The average molecular weight is 590 g/mol. The number of benzene rings is 6. The lowest BCUT2D eigenvalue weighted by Crippen LogP contribution is -2.30. The Hall–Kier alpha value is -5.85. The van der Waals surface area contributed by atoms with Crippen LogP contribution >= 0.6 is 0 Å². The highest BCUT2D eigenvalue weighted by atomic mass is 15.2. The van der Waals surface area contributed by atoms with Crippen molar-refractivity contribution >= 4 is 33.2 Å². The van der Waals surface area contributed by atoms with Crippen LogP contribution in [0.15, 0.2) is 152 Å². The fourth-order valence-corrected chi connectivity index (χ4v) is 7.87. The maximum Gasteiger partial charge on any atom is 0.101 e.